The van der Waals surface area contributed by atoms with Gasteiger partial charge in [-0.15, -0.1) is 0 Å². The number of carbonyl (C=O) groups is 1. The number of amides is 1. The van der Waals surface area contributed by atoms with Gasteiger partial charge in [0.05, 0.1) is 6.04 Å². The Morgan fingerprint density at radius 2 is 2.14 bits per heavy atom. The van der Waals surface area contributed by atoms with Crippen LogP contribution in [0.3, 0.4) is 0 Å². The highest BCUT2D eigenvalue weighted by atomic mass is 19.4. The molecule has 1 amide bonds. The zero-order valence-electron chi connectivity index (χ0n) is 11.5. The summed E-state index contributed by atoms with van der Waals surface area (Å²) in [6, 6.07) is 6.93. The summed E-state index contributed by atoms with van der Waals surface area (Å²) in [6.07, 6.45) is -3.79. The van der Waals surface area contributed by atoms with E-state index >= 15 is 0 Å². The van der Waals surface area contributed by atoms with E-state index < -0.39 is 24.7 Å². The molecule has 2 rings (SSSR count). The molecule has 2 atom stereocenters. The molecule has 4 nitrogen and oxygen atoms in total. The zero-order chi connectivity index (χ0) is 15.5. The first kappa shape index (κ1) is 15.6. The molecule has 1 aromatic carbocycles. The first-order valence-electron chi connectivity index (χ1n) is 6.67. The lowest BCUT2D eigenvalue weighted by Gasteiger charge is -2.17. The Kier molecular flexibility index (Phi) is 4.72. The summed E-state index contributed by atoms with van der Waals surface area (Å²) in [7, 11) is 0. The Labute approximate surface area is 120 Å². The average molecular weight is 302 g/mol. The number of para-hydroxylation sites is 1. The lowest BCUT2D eigenvalue weighted by molar-refractivity contribution is -0.139. The maximum Gasteiger partial charge on any atom is 0.405 e. The number of benzene rings is 1. The van der Waals surface area contributed by atoms with Crippen LogP contribution >= 0.6 is 0 Å². The van der Waals surface area contributed by atoms with Crippen LogP contribution in [0.25, 0.3) is 0 Å². The number of halogens is 3. The summed E-state index contributed by atoms with van der Waals surface area (Å²) in [5, 5.41) is 4.74. The molecule has 0 aliphatic carbocycles. The third-order valence-electron chi connectivity index (χ3n) is 3.22. The van der Waals surface area contributed by atoms with Gasteiger partial charge >= 0.3 is 6.18 Å². The predicted octanol–water partition coefficient (Wildman–Crippen LogP) is 1.65. The summed E-state index contributed by atoms with van der Waals surface area (Å²) >= 11 is 0. The van der Waals surface area contributed by atoms with Crippen molar-refractivity contribution >= 4 is 5.91 Å². The fourth-order valence-corrected chi connectivity index (χ4v) is 2.11. The smallest absolute Gasteiger partial charge is 0.405 e. The topological polar surface area (TPSA) is 50.4 Å². The molecule has 0 aromatic heterocycles. The van der Waals surface area contributed by atoms with Crippen LogP contribution in [0.4, 0.5) is 13.2 Å². The molecule has 0 saturated heterocycles. The standard InChI is InChI=1S/C14H17F3N2O2/c1-9(13(20)19-8-14(15,16)17)18-7-11-6-10-4-2-3-5-12(10)21-11/h2-5,9,11,18H,6-8H2,1H3,(H,19,20). The van der Waals surface area contributed by atoms with Crippen LogP contribution in [0.1, 0.15) is 12.5 Å². The number of ether oxygens (including phenoxy) is 1. The molecular formula is C14H17F3N2O2. The Balaban J connectivity index is 1.73. The van der Waals surface area contributed by atoms with Gasteiger partial charge in [-0.3, -0.25) is 4.79 Å². The zero-order valence-corrected chi connectivity index (χ0v) is 11.5. The number of hydrogen-bond donors (Lipinski definition) is 2. The fraction of sp³-hybridized carbons (Fsp3) is 0.500. The van der Waals surface area contributed by atoms with E-state index in [1.165, 1.54) is 6.92 Å². The number of fused-ring (bicyclic) bond motifs is 1. The van der Waals surface area contributed by atoms with Gasteiger partial charge < -0.3 is 15.4 Å². The Bertz CT molecular complexity index is 480. The number of carbonyl (C=O) groups excluding carboxylic acids is 1. The van der Waals surface area contributed by atoms with Gasteiger partial charge in [0, 0.05) is 13.0 Å². The van der Waals surface area contributed by atoms with Crippen LogP contribution in [-0.4, -0.2) is 37.3 Å². The second-order valence-corrected chi connectivity index (χ2v) is 5.01. The van der Waals surface area contributed by atoms with Gasteiger partial charge in [0.25, 0.3) is 0 Å². The van der Waals surface area contributed by atoms with Crippen LogP contribution < -0.4 is 15.4 Å². The Morgan fingerprint density at radius 3 is 2.81 bits per heavy atom. The van der Waals surface area contributed by atoms with Crippen LogP contribution in [0.15, 0.2) is 24.3 Å². The van der Waals surface area contributed by atoms with E-state index in [-0.39, 0.29) is 6.10 Å². The van der Waals surface area contributed by atoms with E-state index in [1.54, 1.807) is 0 Å². The van der Waals surface area contributed by atoms with Gasteiger partial charge in [-0.25, -0.2) is 0 Å². The Hall–Kier alpha value is -1.76. The van der Waals surface area contributed by atoms with Crippen LogP contribution in [0.5, 0.6) is 5.75 Å². The lowest BCUT2D eigenvalue weighted by atomic mass is 10.1. The van der Waals surface area contributed by atoms with Gasteiger partial charge in [0.15, 0.2) is 0 Å². The molecule has 2 N–H and O–H groups in total. The highest BCUT2D eigenvalue weighted by molar-refractivity contribution is 5.81. The highest BCUT2D eigenvalue weighted by Crippen LogP contribution is 2.27. The minimum absolute atomic E-state index is 0.111. The SMILES string of the molecule is CC(NCC1Cc2ccccc2O1)C(=O)NCC(F)(F)F. The fourth-order valence-electron chi connectivity index (χ4n) is 2.11. The summed E-state index contributed by atoms with van der Waals surface area (Å²) < 4.78 is 41.7. The maximum atomic E-state index is 12.0. The molecule has 21 heavy (non-hydrogen) atoms. The first-order valence-corrected chi connectivity index (χ1v) is 6.67. The summed E-state index contributed by atoms with van der Waals surface area (Å²) in [5.41, 5.74) is 1.10. The van der Waals surface area contributed by atoms with Crippen molar-refractivity contribution in [3.8, 4) is 5.75 Å². The molecule has 0 fully saturated rings. The third kappa shape index (κ3) is 4.63. The number of hydrogen-bond acceptors (Lipinski definition) is 3. The average Bonchev–Trinajstić information content (AvgIpc) is 2.84. The van der Waals surface area contributed by atoms with Gasteiger partial charge in [-0.2, -0.15) is 13.2 Å². The molecule has 0 bridgehead atoms. The number of rotatable bonds is 5. The van der Waals surface area contributed by atoms with Crippen molar-refractivity contribution < 1.29 is 22.7 Å². The second-order valence-electron chi connectivity index (χ2n) is 5.01. The molecule has 116 valence electrons. The van der Waals surface area contributed by atoms with Gasteiger partial charge in [0.1, 0.15) is 18.4 Å². The molecule has 1 aliphatic heterocycles. The largest absolute Gasteiger partial charge is 0.488 e. The van der Waals surface area contributed by atoms with E-state index in [4.69, 9.17) is 4.74 Å². The summed E-state index contributed by atoms with van der Waals surface area (Å²) in [4.78, 5) is 11.5. The van der Waals surface area contributed by atoms with Gasteiger partial charge in [-0.1, -0.05) is 18.2 Å². The van der Waals surface area contributed by atoms with Crippen LogP contribution in [0, 0.1) is 0 Å². The van der Waals surface area contributed by atoms with Crippen molar-refractivity contribution in [3.63, 3.8) is 0 Å². The van der Waals surface area contributed by atoms with Crippen molar-refractivity contribution in [3.05, 3.63) is 29.8 Å². The minimum atomic E-state index is -4.40. The molecule has 7 heteroatoms. The second kappa shape index (κ2) is 6.34. The maximum absolute atomic E-state index is 12.0. The molecule has 1 heterocycles. The Morgan fingerprint density at radius 1 is 1.43 bits per heavy atom. The number of alkyl halides is 3. The molecule has 1 aromatic rings. The van der Waals surface area contributed by atoms with E-state index in [2.05, 4.69) is 5.32 Å². The molecule has 0 spiro atoms. The van der Waals surface area contributed by atoms with Crippen molar-refractivity contribution in [2.45, 2.75) is 31.7 Å². The van der Waals surface area contributed by atoms with Crippen LogP contribution in [0.2, 0.25) is 0 Å². The van der Waals surface area contributed by atoms with Crippen molar-refractivity contribution in [2.75, 3.05) is 13.1 Å². The van der Waals surface area contributed by atoms with Gasteiger partial charge in [0.2, 0.25) is 5.91 Å². The summed E-state index contributed by atoms with van der Waals surface area (Å²) in [6.45, 7) is 0.603. The lowest BCUT2D eigenvalue weighted by Crippen LogP contribution is -2.47. The van der Waals surface area contributed by atoms with E-state index in [0.29, 0.717) is 6.54 Å². The number of nitrogens with one attached hydrogen (secondary N) is 2. The highest BCUT2D eigenvalue weighted by Gasteiger charge is 2.29. The minimum Gasteiger partial charge on any atom is -0.488 e. The van der Waals surface area contributed by atoms with Crippen molar-refractivity contribution in [2.24, 2.45) is 0 Å². The van der Waals surface area contributed by atoms with E-state index in [9.17, 15) is 18.0 Å². The first-order chi connectivity index (χ1) is 9.85. The predicted molar refractivity (Wildman–Crippen MR) is 71.1 cm³/mol. The quantitative estimate of drug-likeness (QED) is 0.869. The molecule has 0 saturated carbocycles. The van der Waals surface area contributed by atoms with Gasteiger partial charge in [-0.05, 0) is 18.6 Å². The van der Waals surface area contributed by atoms with Crippen molar-refractivity contribution in [1.29, 1.82) is 0 Å². The van der Waals surface area contributed by atoms with Crippen molar-refractivity contribution in [1.82, 2.24) is 10.6 Å². The summed E-state index contributed by atoms with van der Waals surface area (Å²) in [5.74, 6) is 0.140. The molecule has 0 radical (unpaired) electrons. The molecule has 2 unspecified atom stereocenters. The van der Waals surface area contributed by atoms with E-state index in [1.807, 2.05) is 29.6 Å². The third-order valence-corrected chi connectivity index (χ3v) is 3.22. The normalized spacial score (nSPS) is 18.8. The van der Waals surface area contributed by atoms with Crippen LogP contribution in [-0.2, 0) is 11.2 Å². The molecular weight excluding hydrogens is 285 g/mol. The monoisotopic (exact) mass is 302 g/mol. The van der Waals surface area contributed by atoms with E-state index in [0.717, 1.165) is 17.7 Å². The molecule has 1 aliphatic rings.